The van der Waals surface area contributed by atoms with E-state index >= 15 is 0 Å². The lowest BCUT2D eigenvalue weighted by Crippen LogP contribution is -2.42. The van der Waals surface area contributed by atoms with Crippen LogP contribution in [0.2, 0.25) is 0 Å². The average molecular weight is 228 g/mol. The molecule has 1 heterocycles. The van der Waals surface area contributed by atoms with Crippen LogP contribution in [0.3, 0.4) is 0 Å². The number of likely N-dealkylation sites (tertiary alicyclic amines) is 1. The van der Waals surface area contributed by atoms with E-state index in [2.05, 4.69) is 17.1 Å². The highest BCUT2D eigenvalue weighted by molar-refractivity contribution is 4.72. The van der Waals surface area contributed by atoms with Gasteiger partial charge in [-0.05, 0) is 38.9 Å². The molecule has 0 spiro atoms. The molecule has 1 aliphatic heterocycles. The van der Waals surface area contributed by atoms with Gasteiger partial charge in [-0.1, -0.05) is 26.2 Å². The Bertz CT molecular complexity index is 150. The Labute approximate surface area is 100 Å². The van der Waals surface area contributed by atoms with Crippen molar-refractivity contribution < 1.29 is 5.11 Å². The van der Waals surface area contributed by atoms with Gasteiger partial charge in [0, 0.05) is 19.2 Å². The normalized spacial score (nSPS) is 21.4. The minimum Gasteiger partial charge on any atom is -0.396 e. The zero-order chi connectivity index (χ0) is 11.6. The van der Waals surface area contributed by atoms with Gasteiger partial charge in [0.05, 0.1) is 0 Å². The van der Waals surface area contributed by atoms with Gasteiger partial charge >= 0.3 is 0 Å². The molecule has 0 aliphatic carbocycles. The molecule has 1 saturated heterocycles. The van der Waals surface area contributed by atoms with E-state index < -0.39 is 0 Å². The van der Waals surface area contributed by atoms with Crippen molar-refractivity contribution in [2.24, 2.45) is 0 Å². The molecule has 2 N–H and O–H groups in total. The Morgan fingerprint density at radius 3 is 2.31 bits per heavy atom. The summed E-state index contributed by atoms with van der Waals surface area (Å²) in [6, 6.07) is 0.467. The second-order valence-electron chi connectivity index (χ2n) is 4.84. The van der Waals surface area contributed by atoms with Crippen LogP contribution in [0.4, 0.5) is 0 Å². The molecule has 1 atom stereocenters. The molecule has 0 aromatic heterocycles. The number of likely N-dealkylation sites (N-methyl/N-ethyl adjacent to an activating group) is 1. The van der Waals surface area contributed by atoms with Gasteiger partial charge in [-0.25, -0.2) is 0 Å². The predicted octanol–water partition coefficient (Wildman–Crippen LogP) is 1.61. The van der Waals surface area contributed by atoms with Crippen LogP contribution in [0.15, 0.2) is 0 Å². The van der Waals surface area contributed by atoms with Crippen molar-refractivity contribution in [1.29, 1.82) is 0 Å². The Kier molecular flexibility index (Phi) is 7.81. The number of nitrogens with one attached hydrogen (secondary N) is 1. The summed E-state index contributed by atoms with van der Waals surface area (Å²) < 4.78 is 0. The van der Waals surface area contributed by atoms with Gasteiger partial charge in [0.1, 0.15) is 0 Å². The zero-order valence-electron chi connectivity index (χ0n) is 10.7. The minimum atomic E-state index is 0.297. The first-order valence-corrected chi connectivity index (χ1v) is 6.93. The van der Waals surface area contributed by atoms with Crippen molar-refractivity contribution in [3.63, 3.8) is 0 Å². The summed E-state index contributed by atoms with van der Waals surface area (Å²) in [5, 5.41) is 12.5. The van der Waals surface area contributed by atoms with Crippen molar-refractivity contribution in [3.8, 4) is 0 Å². The molecule has 3 heteroatoms. The summed E-state index contributed by atoms with van der Waals surface area (Å²) >= 11 is 0. The molecule has 0 amide bonds. The van der Waals surface area contributed by atoms with E-state index in [4.69, 9.17) is 5.11 Å². The lowest BCUT2D eigenvalue weighted by atomic mass is 10.1. The summed E-state index contributed by atoms with van der Waals surface area (Å²) in [5.41, 5.74) is 0. The van der Waals surface area contributed by atoms with E-state index in [1.54, 1.807) is 0 Å². The fourth-order valence-electron chi connectivity index (χ4n) is 2.51. The molecule has 1 unspecified atom stereocenters. The minimum absolute atomic E-state index is 0.297. The summed E-state index contributed by atoms with van der Waals surface area (Å²) in [6.07, 6.45) is 7.77. The number of rotatable bonds is 6. The second-order valence-corrected chi connectivity index (χ2v) is 4.84. The van der Waals surface area contributed by atoms with E-state index in [1.165, 1.54) is 45.2 Å². The molecule has 1 rings (SSSR count). The molecule has 3 nitrogen and oxygen atoms in total. The number of aliphatic hydroxyl groups excluding tert-OH is 1. The number of hydrogen-bond acceptors (Lipinski definition) is 3. The largest absolute Gasteiger partial charge is 0.396 e. The van der Waals surface area contributed by atoms with Crippen LogP contribution in [0.5, 0.6) is 0 Å². The van der Waals surface area contributed by atoms with Crippen LogP contribution in [0.25, 0.3) is 0 Å². The second kappa shape index (κ2) is 8.97. The average Bonchev–Trinajstić information content (AvgIpc) is 2.22. The predicted molar refractivity (Wildman–Crippen MR) is 68.7 cm³/mol. The van der Waals surface area contributed by atoms with E-state index in [0.29, 0.717) is 12.6 Å². The summed E-state index contributed by atoms with van der Waals surface area (Å²) in [4.78, 5) is 2.57. The molecular weight excluding hydrogens is 200 g/mol. The van der Waals surface area contributed by atoms with E-state index in [9.17, 15) is 0 Å². The highest BCUT2D eigenvalue weighted by atomic mass is 16.3. The molecule has 0 aromatic carbocycles. The monoisotopic (exact) mass is 228 g/mol. The van der Waals surface area contributed by atoms with Crippen LogP contribution < -0.4 is 5.32 Å². The Morgan fingerprint density at radius 2 is 1.75 bits per heavy atom. The Hall–Kier alpha value is -0.120. The quantitative estimate of drug-likeness (QED) is 0.725. The van der Waals surface area contributed by atoms with Crippen LogP contribution in [0.1, 0.15) is 45.4 Å². The standard InChI is InChI=1S/C13H28N2O/c1-2-14-13(8-11-16)12-15-9-6-4-3-5-7-10-15/h13-14,16H,2-12H2,1H3. The molecule has 0 bridgehead atoms. The number of nitrogens with zero attached hydrogens (tertiary/aromatic N) is 1. The zero-order valence-corrected chi connectivity index (χ0v) is 10.7. The Morgan fingerprint density at radius 1 is 1.12 bits per heavy atom. The summed E-state index contributed by atoms with van der Waals surface area (Å²) in [6.45, 7) is 7.02. The highest BCUT2D eigenvalue weighted by Gasteiger charge is 2.13. The van der Waals surface area contributed by atoms with Crippen LogP contribution >= 0.6 is 0 Å². The van der Waals surface area contributed by atoms with Gasteiger partial charge < -0.3 is 15.3 Å². The summed E-state index contributed by atoms with van der Waals surface area (Å²) in [5.74, 6) is 0. The van der Waals surface area contributed by atoms with Crippen molar-refractivity contribution in [3.05, 3.63) is 0 Å². The fraction of sp³-hybridized carbons (Fsp3) is 1.00. The van der Waals surface area contributed by atoms with Gasteiger partial charge in [-0.15, -0.1) is 0 Å². The lowest BCUT2D eigenvalue weighted by molar-refractivity contribution is 0.197. The smallest absolute Gasteiger partial charge is 0.0446 e. The molecule has 1 aliphatic rings. The Balaban J connectivity index is 2.28. The molecule has 0 radical (unpaired) electrons. The third kappa shape index (κ3) is 5.83. The maximum absolute atomic E-state index is 9.03. The molecule has 16 heavy (non-hydrogen) atoms. The molecule has 1 fully saturated rings. The summed E-state index contributed by atoms with van der Waals surface area (Å²) in [7, 11) is 0. The van der Waals surface area contributed by atoms with Gasteiger partial charge in [-0.2, -0.15) is 0 Å². The SMILES string of the molecule is CCNC(CCO)CN1CCCCCCC1. The third-order valence-electron chi connectivity index (χ3n) is 3.40. The lowest BCUT2D eigenvalue weighted by Gasteiger charge is -2.29. The maximum Gasteiger partial charge on any atom is 0.0446 e. The molecule has 0 aromatic rings. The molecule has 96 valence electrons. The van der Waals surface area contributed by atoms with Crippen LogP contribution in [0, 0.1) is 0 Å². The van der Waals surface area contributed by atoms with Crippen molar-refractivity contribution in [2.45, 2.75) is 51.5 Å². The van der Waals surface area contributed by atoms with Crippen molar-refractivity contribution in [2.75, 3.05) is 32.8 Å². The third-order valence-corrected chi connectivity index (χ3v) is 3.40. The number of hydrogen-bond donors (Lipinski definition) is 2. The van der Waals surface area contributed by atoms with Crippen LogP contribution in [-0.4, -0.2) is 48.8 Å². The maximum atomic E-state index is 9.03. The van der Waals surface area contributed by atoms with Crippen molar-refractivity contribution in [1.82, 2.24) is 10.2 Å². The molecular formula is C13H28N2O. The first-order valence-electron chi connectivity index (χ1n) is 6.93. The molecule has 0 saturated carbocycles. The van der Waals surface area contributed by atoms with E-state index in [-0.39, 0.29) is 0 Å². The number of aliphatic hydroxyl groups is 1. The van der Waals surface area contributed by atoms with E-state index in [0.717, 1.165) is 19.5 Å². The van der Waals surface area contributed by atoms with Crippen LogP contribution in [-0.2, 0) is 0 Å². The first-order chi connectivity index (χ1) is 7.86. The van der Waals surface area contributed by atoms with E-state index in [1.807, 2.05) is 0 Å². The van der Waals surface area contributed by atoms with Gasteiger partial charge in [-0.3, -0.25) is 0 Å². The van der Waals surface area contributed by atoms with Gasteiger partial charge in [0.2, 0.25) is 0 Å². The fourth-order valence-corrected chi connectivity index (χ4v) is 2.51. The van der Waals surface area contributed by atoms with Gasteiger partial charge in [0.15, 0.2) is 0 Å². The topological polar surface area (TPSA) is 35.5 Å². The first kappa shape index (κ1) is 13.9. The highest BCUT2D eigenvalue weighted by Crippen LogP contribution is 2.11. The van der Waals surface area contributed by atoms with Crippen molar-refractivity contribution >= 4 is 0 Å². The van der Waals surface area contributed by atoms with Gasteiger partial charge in [0.25, 0.3) is 0 Å².